The number of likely N-dealkylation sites (N-methyl/N-ethyl adjacent to an activating group) is 1. The normalized spacial score (nSPS) is 11.3. The van der Waals surface area contributed by atoms with E-state index in [2.05, 4.69) is 6.58 Å². The van der Waals surface area contributed by atoms with E-state index < -0.39 is 17.4 Å². The minimum absolute atomic E-state index is 0.116. The summed E-state index contributed by atoms with van der Waals surface area (Å²) < 4.78 is 0. The van der Waals surface area contributed by atoms with Crippen LogP contribution in [0.4, 0.5) is 0 Å². The first-order chi connectivity index (χ1) is 5.89. The summed E-state index contributed by atoms with van der Waals surface area (Å²) in [6.07, 6.45) is 1.56. The van der Waals surface area contributed by atoms with Crippen LogP contribution in [0.2, 0.25) is 0 Å². The number of rotatable bonds is 5. The van der Waals surface area contributed by atoms with E-state index in [1.54, 1.807) is 14.1 Å². The molecule has 13 heavy (non-hydrogen) atoms. The van der Waals surface area contributed by atoms with E-state index in [1.807, 2.05) is 0 Å². The molecule has 5 heteroatoms. The summed E-state index contributed by atoms with van der Waals surface area (Å²) in [5, 5.41) is 0. The van der Waals surface area contributed by atoms with Crippen molar-refractivity contribution in [3.8, 4) is 0 Å². The first kappa shape index (κ1) is 11.6. The Morgan fingerprint density at radius 2 is 1.77 bits per heavy atom. The van der Waals surface area contributed by atoms with Crippen LogP contribution in [0.5, 0.6) is 0 Å². The Balaban J connectivity index is 5.16. The molecule has 0 aromatic rings. The lowest BCUT2D eigenvalue weighted by atomic mass is 9.92. The summed E-state index contributed by atoms with van der Waals surface area (Å²) in [5.41, 5.74) is 8.80. The molecule has 0 aliphatic carbocycles. The van der Waals surface area contributed by atoms with Crippen molar-refractivity contribution in [3.63, 3.8) is 0 Å². The van der Waals surface area contributed by atoms with Gasteiger partial charge in [0.1, 0.15) is 0 Å². The summed E-state index contributed by atoms with van der Waals surface area (Å²) >= 11 is 0. The van der Waals surface area contributed by atoms with E-state index in [-0.39, 0.29) is 6.42 Å². The van der Waals surface area contributed by atoms with Gasteiger partial charge in [0, 0.05) is 6.42 Å². The Hall–Kier alpha value is -1.36. The van der Waals surface area contributed by atoms with Gasteiger partial charge in [0.2, 0.25) is 11.8 Å². The molecule has 5 nitrogen and oxygen atoms in total. The summed E-state index contributed by atoms with van der Waals surface area (Å²) in [4.78, 5) is 23.7. The van der Waals surface area contributed by atoms with Crippen molar-refractivity contribution in [1.82, 2.24) is 4.90 Å². The molecule has 0 atom stereocenters. The highest BCUT2D eigenvalue weighted by molar-refractivity contribution is 6.08. The lowest BCUT2D eigenvalue weighted by Crippen LogP contribution is -2.62. The minimum atomic E-state index is -1.46. The summed E-state index contributed by atoms with van der Waals surface area (Å²) in [7, 11) is 3.14. The van der Waals surface area contributed by atoms with Gasteiger partial charge in [-0.15, -0.1) is 6.58 Å². The molecule has 4 N–H and O–H groups in total. The van der Waals surface area contributed by atoms with Crippen LogP contribution in [0.15, 0.2) is 12.7 Å². The predicted molar refractivity (Wildman–Crippen MR) is 49.6 cm³/mol. The van der Waals surface area contributed by atoms with Crippen LogP contribution in [-0.4, -0.2) is 36.3 Å². The number of amides is 2. The van der Waals surface area contributed by atoms with Crippen molar-refractivity contribution in [3.05, 3.63) is 12.7 Å². The highest BCUT2D eigenvalue weighted by Crippen LogP contribution is 2.16. The number of nitrogens with zero attached hydrogens (tertiary/aromatic N) is 1. The van der Waals surface area contributed by atoms with Crippen LogP contribution in [0.1, 0.15) is 6.42 Å². The topological polar surface area (TPSA) is 89.4 Å². The SMILES string of the molecule is C=CCC(C(N)=O)(C(N)=O)N(C)C. The van der Waals surface area contributed by atoms with Crippen LogP contribution in [0.3, 0.4) is 0 Å². The molecule has 0 aromatic carbocycles. The van der Waals surface area contributed by atoms with Gasteiger partial charge in [-0.1, -0.05) is 6.08 Å². The third-order valence-electron chi connectivity index (χ3n) is 2.02. The molecule has 0 unspecified atom stereocenters. The zero-order valence-corrected chi connectivity index (χ0v) is 7.91. The van der Waals surface area contributed by atoms with Crippen LogP contribution in [-0.2, 0) is 9.59 Å². The Morgan fingerprint density at radius 1 is 1.38 bits per heavy atom. The Morgan fingerprint density at radius 3 is 1.85 bits per heavy atom. The van der Waals surface area contributed by atoms with E-state index in [9.17, 15) is 9.59 Å². The molecule has 0 aliphatic heterocycles. The number of hydrogen-bond acceptors (Lipinski definition) is 3. The Bertz CT molecular complexity index is 222. The average Bonchev–Trinajstić information content (AvgIpc) is 1.97. The van der Waals surface area contributed by atoms with Gasteiger partial charge in [-0.2, -0.15) is 0 Å². The smallest absolute Gasteiger partial charge is 0.248 e. The van der Waals surface area contributed by atoms with Crippen molar-refractivity contribution in [2.24, 2.45) is 11.5 Å². The third-order valence-corrected chi connectivity index (χ3v) is 2.02. The first-order valence-corrected chi connectivity index (χ1v) is 3.77. The molecule has 0 fully saturated rings. The minimum Gasteiger partial charge on any atom is -0.368 e. The summed E-state index contributed by atoms with van der Waals surface area (Å²) in [6, 6.07) is 0. The van der Waals surface area contributed by atoms with Crippen LogP contribution >= 0.6 is 0 Å². The van der Waals surface area contributed by atoms with Crippen LogP contribution in [0.25, 0.3) is 0 Å². The molecule has 0 aromatic heterocycles. The van der Waals surface area contributed by atoms with E-state index in [0.717, 1.165) is 0 Å². The monoisotopic (exact) mass is 185 g/mol. The van der Waals surface area contributed by atoms with Crippen molar-refractivity contribution >= 4 is 11.8 Å². The molecule has 0 radical (unpaired) electrons. The highest BCUT2D eigenvalue weighted by atomic mass is 16.2. The molecular weight excluding hydrogens is 170 g/mol. The van der Waals surface area contributed by atoms with E-state index in [4.69, 9.17) is 11.5 Å². The predicted octanol–water partition coefficient (Wildman–Crippen LogP) is -1.17. The maximum absolute atomic E-state index is 11.1. The second-order valence-electron chi connectivity index (χ2n) is 2.98. The number of hydrogen-bond donors (Lipinski definition) is 2. The fourth-order valence-corrected chi connectivity index (χ4v) is 1.15. The van der Waals surface area contributed by atoms with Gasteiger partial charge >= 0.3 is 0 Å². The van der Waals surface area contributed by atoms with E-state index in [1.165, 1.54) is 11.0 Å². The second kappa shape index (κ2) is 4.04. The van der Waals surface area contributed by atoms with Crippen molar-refractivity contribution in [1.29, 1.82) is 0 Å². The lowest BCUT2D eigenvalue weighted by Gasteiger charge is -2.32. The Kier molecular flexibility index (Phi) is 3.62. The second-order valence-corrected chi connectivity index (χ2v) is 2.98. The van der Waals surface area contributed by atoms with Gasteiger partial charge in [0.05, 0.1) is 0 Å². The molecule has 0 rings (SSSR count). The maximum Gasteiger partial charge on any atom is 0.248 e. The Labute approximate surface area is 77.4 Å². The third kappa shape index (κ3) is 1.86. The van der Waals surface area contributed by atoms with Crippen LogP contribution < -0.4 is 11.5 Å². The molecule has 0 aliphatic rings. The maximum atomic E-state index is 11.1. The quantitative estimate of drug-likeness (QED) is 0.418. The van der Waals surface area contributed by atoms with Crippen LogP contribution in [0, 0.1) is 0 Å². The molecule has 74 valence electrons. The largest absolute Gasteiger partial charge is 0.368 e. The number of carbonyl (C=O) groups excluding carboxylic acids is 2. The van der Waals surface area contributed by atoms with Gasteiger partial charge in [0.15, 0.2) is 5.54 Å². The fourth-order valence-electron chi connectivity index (χ4n) is 1.15. The highest BCUT2D eigenvalue weighted by Gasteiger charge is 2.43. The van der Waals surface area contributed by atoms with E-state index >= 15 is 0 Å². The molecule has 0 saturated carbocycles. The van der Waals surface area contributed by atoms with Gasteiger partial charge in [-0.3, -0.25) is 14.5 Å². The average molecular weight is 185 g/mol. The molecule has 2 amide bonds. The van der Waals surface area contributed by atoms with Crippen molar-refractivity contribution < 1.29 is 9.59 Å². The number of primary amides is 2. The number of carbonyl (C=O) groups is 2. The number of nitrogens with two attached hydrogens (primary N) is 2. The summed E-state index contributed by atoms with van der Waals surface area (Å²) in [6.45, 7) is 3.45. The van der Waals surface area contributed by atoms with Gasteiger partial charge in [-0.05, 0) is 14.1 Å². The van der Waals surface area contributed by atoms with Crippen molar-refractivity contribution in [2.75, 3.05) is 14.1 Å². The molecule has 0 saturated heterocycles. The van der Waals surface area contributed by atoms with E-state index in [0.29, 0.717) is 0 Å². The molecule has 0 bridgehead atoms. The standard InChI is InChI=1S/C8H15N3O2/c1-4-5-8(6(9)12,7(10)13)11(2)3/h4H,1,5H2,2-3H3,(H2,9,12)(H2,10,13). The van der Waals surface area contributed by atoms with Gasteiger partial charge in [-0.25, -0.2) is 0 Å². The first-order valence-electron chi connectivity index (χ1n) is 3.77. The van der Waals surface area contributed by atoms with Gasteiger partial charge < -0.3 is 11.5 Å². The molecular formula is C8H15N3O2. The zero-order valence-electron chi connectivity index (χ0n) is 7.91. The lowest BCUT2D eigenvalue weighted by molar-refractivity contribution is -0.140. The van der Waals surface area contributed by atoms with Crippen molar-refractivity contribution in [2.45, 2.75) is 12.0 Å². The fraction of sp³-hybridized carbons (Fsp3) is 0.500. The molecule has 0 heterocycles. The molecule has 0 spiro atoms. The zero-order chi connectivity index (χ0) is 10.6. The summed E-state index contributed by atoms with van der Waals surface area (Å²) in [5.74, 6) is -1.52. The van der Waals surface area contributed by atoms with Gasteiger partial charge in [0.25, 0.3) is 0 Å².